The van der Waals surface area contributed by atoms with Gasteiger partial charge in [-0.15, -0.1) is 11.3 Å². The van der Waals surface area contributed by atoms with Crippen LogP contribution in [0.3, 0.4) is 0 Å². The highest BCUT2D eigenvalue weighted by molar-refractivity contribution is 7.90. The third-order valence-electron chi connectivity index (χ3n) is 4.15. The summed E-state index contributed by atoms with van der Waals surface area (Å²) in [6, 6.07) is 4.02. The molecular weight excluding hydrogens is 334 g/mol. The molecule has 0 spiro atoms. The van der Waals surface area contributed by atoms with Gasteiger partial charge in [-0.05, 0) is 24.3 Å². The van der Waals surface area contributed by atoms with Crippen molar-refractivity contribution in [3.05, 3.63) is 34.3 Å². The molecule has 0 bridgehead atoms. The molecule has 2 aromatic heterocycles. The molecule has 6 nitrogen and oxygen atoms in total. The lowest BCUT2D eigenvalue weighted by molar-refractivity contribution is -0.130. The average molecular weight is 353 g/mol. The average Bonchev–Trinajstić information content (AvgIpc) is 3.22. The van der Waals surface area contributed by atoms with Crippen molar-refractivity contribution >= 4 is 27.1 Å². The van der Waals surface area contributed by atoms with Gasteiger partial charge >= 0.3 is 0 Å². The summed E-state index contributed by atoms with van der Waals surface area (Å²) in [5.74, 6) is 0.134. The van der Waals surface area contributed by atoms with Gasteiger partial charge in [0.1, 0.15) is 4.90 Å². The van der Waals surface area contributed by atoms with E-state index in [1.54, 1.807) is 11.3 Å². The molecule has 1 fully saturated rings. The van der Waals surface area contributed by atoms with E-state index >= 15 is 0 Å². The van der Waals surface area contributed by atoms with Crippen LogP contribution in [0.4, 0.5) is 0 Å². The van der Waals surface area contributed by atoms with Crippen molar-refractivity contribution in [2.24, 2.45) is 0 Å². The number of nitrogens with zero attached hydrogens (tertiary/aromatic N) is 2. The number of carbonyl (C=O) groups excluding carboxylic acids is 1. The van der Waals surface area contributed by atoms with Crippen LogP contribution in [0, 0.1) is 0 Å². The van der Waals surface area contributed by atoms with E-state index in [1.165, 1.54) is 17.3 Å². The Labute approximate surface area is 139 Å². The van der Waals surface area contributed by atoms with Crippen LogP contribution < -0.4 is 0 Å². The molecule has 0 unspecified atom stereocenters. The minimum Gasteiger partial charge on any atom is -0.342 e. The van der Waals surface area contributed by atoms with Crippen molar-refractivity contribution in [1.82, 2.24) is 15.1 Å². The number of rotatable bonds is 5. The number of hydrogen-bond donors (Lipinski definition) is 1. The molecule has 8 heteroatoms. The highest BCUT2D eigenvalue weighted by Crippen LogP contribution is 2.30. The molecule has 1 aliphatic rings. The molecule has 2 aromatic rings. The second-order valence-corrected chi connectivity index (χ2v) is 8.84. The maximum atomic E-state index is 12.3. The maximum absolute atomic E-state index is 12.3. The van der Waals surface area contributed by atoms with Crippen molar-refractivity contribution in [1.29, 1.82) is 0 Å². The molecule has 124 valence electrons. The van der Waals surface area contributed by atoms with E-state index in [1.807, 2.05) is 22.4 Å². The Kier molecular flexibility index (Phi) is 4.54. The van der Waals surface area contributed by atoms with Gasteiger partial charge in [0.05, 0.1) is 11.9 Å². The Balaban J connectivity index is 1.62. The SMILES string of the molecule is CS(=O)(=O)c1cn[nH]c1[C@H]1CCN(C(=O)CCc2cccs2)C1. The third kappa shape index (κ3) is 3.64. The van der Waals surface area contributed by atoms with Gasteiger partial charge in [0, 0.05) is 36.6 Å². The molecule has 1 amide bonds. The standard InChI is InChI=1S/C15H19N3O3S2/c1-23(20,21)13-9-16-17-15(13)11-6-7-18(10-11)14(19)5-4-12-3-2-8-22-12/h2-3,8-9,11H,4-7,10H2,1H3,(H,16,17)/t11-/m0/s1. The summed E-state index contributed by atoms with van der Waals surface area (Å²) < 4.78 is 23.6. The van der Waals surface area contributed by atoms with Gasteiger partial charge in [-0.2, -0.15) is 5.10 Å². The van der Waals surface area contributed by atoms with Crippen LogP contribution in [0.25, 0.3) is 0 Å². The Morgan fingerprint density at radius 3 is 3.04 bits per heavy atom. The number of carbonyl (C=O) groups is 1. The lowest BCUT2D eigenvalue weighted by Crippen LogP contribution is -2.28. The summed E-state index contributed by atoms with van der Waals surface area (Å²) in [5.41, 5.74) is 0.626. The number of aromatic amines is 1. The van der Waals surface area contributed by atoms with E-state index in [0.29, 0.717) is 25.2 Å². The summed E-state index contributed by atoms with van der Waals surface area (Å²) in [6.07, 6.45) is 4.55. The van der Waals surface area contributed by atoms with Gasteiger partial charge in [0.15, 0.2) is 9.84 Å². The number of thiophene rings is 1. The summed E-state index contributed by atoms with van der Waals surface area (Å²) in [7, 11) is -3.30. The smallest absolute Gasteiger partial charge is 0.222 e. The Hall–Kier alpha value is -1.67. The van der Waals surface area contributed by atoms with E-state index in [4.69, 9.17) is 0 Å². The number of H-pyrrole nitrogens is 1. The first-order valence-corrected chi connectivity index (χ1v) is 10.3. The number of aromatic nitrogens is 2. The topological polar surface area (TPSA) is 83.1 Å². The lowest BCUT2D eigenvalue weighted by Gasteiger charge is -2.16. The zero-order valence-electron chi connectivity index (χ0n) is 12.9. The number of sulfone groups is 1. The molecule has 0 aliphatic carbocycles. The van der Waals surface area contributed by atoms with Crippen LogP contribution in [0.2, 0.25) is 0 Å². The van der Waals surface area contributed by atoms with Gasteiger partial charge in [-0.25, -0.2) is 8.42 Å². The first-order chi connectivity index (χ1) is 10.9. The van der Waals surface area contributed by atoms with Crippen LogP contribution in [0.1, 0.15) is 29.3 Å². The molecule has 3 heterocycles. The maximum Gasteiger partial charge on any atom is 0.222 e. The predicted octanol–water partition coefficient (Wildman–Crippen LogP) is 1.82. The molecule has 1 atom stereocenters. The third-order valence-corrected chi connectivity index (χ3v) is 6.21. The lowest BCUT2D eigenvalue weighted by atomic mass is 10.1. The summed E-state index contributed by atoms with van der Waals surface area (Å²) in [4.78, 5) is 15.6. The summed E-state index contributed by atoms with van der Waals surface area (Å²) in [5, 5.41) is 8.68. The Bertz CT molecular complexity index is 781. The molecule has 23 heavy (non-hydrogen) atoms. The van der Waals surface area contributed by atoms with Crippen molar-refractivity contribution in [3.8, 4) is 0 Å². The minimum atomic E-state index is -3.30. The van der Waals surface area contributed by atoms with Crippen molar-refractivity contribution in [2.75, 3.05) is 19.3 Å². The predicted molar refractivity (Wildman–Crippen MR) is 88.3 cm³/mol. The quantitative estimate of drug-likeness (QED) is 0.889. The van der Waals surface area contributed by atoms with E-state index < -0.39 is 9.84 Å². The number of nitrogens with one attached hydrogen (secondary N) is 1. The molecule has 1 N–H and O–H groups in total. The number of likely N-dealkylation sites (tertiary alicyclic amines) is 1. The Morgan fingerprint density at radius 2 is 2.35 bits per heavy atom. The van der Waals surface area contributed by atoms with Gasteiger partial charge in [-0.1, -0.05) is 6.07 Å². The zero-order valence-corrected chi connectivity index (χ0v) is 14.5. The van der Waals surface area contributed by atoms with Crippen LogP contribution in [0.5, 0.6) is 0 Å². The van der Waals surface area contributed by atoms with Crippen LogP contribution in [0.15, 0.2) is 28.6 Å². The monoisotopic (exact) mass is 353 g/mol. The highest BCUT2D eigenvalue weighted by atomic mass is 32.2. The van der Waals surface area contributed by atoms with E-state index in [-0.39, 0.29) is 16.7 Å². The molecule has 0 radical (unpaired) electrons. The van der Waals surface area contributed by atoms with Gasteiger partial charge < -0.3 is 4.90 Å². The van der Waals surface area contributed by atoms with E-state index in [0.717, 1.165) is 12.8 Å². The fraction of sp³-hybridized carbons (Fsp3) is 0.467. The first kappa shape index (κ1) is 16.2. The minimum absolute atomic E-state index is 0.00733. The van der Waals surface area contributed by atoms with Gasteiger partial charge in [0.2, 0.25) is 5.91 Å². The first-order valence-electron chi connectivity index (χ1n) is 7.48. The van der Waals surface area contributed by atoms with Crippen LogP contribution in [-0.4, -0.2) is 48.8 Å². The molecule has 0 saturated carbocycles. The second kappa shape index (κ2) is 6.45. The summed E-state index contributed by atoms with van der Waals surface area (Å²) in [6.45, 7) is 1.21. The van der Waals surface area contributed by atoms with Crippen LogP contribution >= 0.6 is 11.3 Å². The van der Waals surface area contributed by atoms with Crippen molar-refractivity contribution in [2.45, 2.75) is 30.1 Å². The number of amides is 1. The molecule has 1 saturated heterocycles. The normalized spacial score (nSPS) is 18.5. The highest BCUT2D eigenvalue weighted by Gasteiger charge is 2.31. The molecular formula is C15H19N3O3S2. The van der Waals surface area contributed by atoms with E-state index in [2.05, 4.69) is 10.2 Å². The molecule has 1 aliphatic heterocycles. The molecule has 0 aromatic carbocycles. The Morgan fingerprint density at radius 1 is 1.52 bits per heavy atom. The number of aryl methyl sites for hydroxylation is 1. The fourth-order valence-electron chi connectivity index (χ4n) is 2.94. The number of hydrogen-bond acceptors (Lipinski definition) is 5. The second-order valence-electron chi connectivity index (χ2n) is 5.82. The van der Waals surface area contributed by atoms with Crippen LogP contribution in [-0.2, 0) is 21.1 Å². The van der Waals surface area contributed by atoms with Gasteiger partial charge in [0.25, 0.3) is 0 Å². The largest absolute Gasteiger partial charge is 0.342 e. The molecule has 3 rings (SSSR count). The summed E-state index contributed by atoms with van der Waals surface area (Å²) >= 11 is 1.66. The zero-order chi connectivity index (χ0) is 16.4. The van der Waals surface area contributed by atoms with Crippen molar-refractivity contribution in [3.63, 3.8) is 0 Å². The van der Waals surface area contributed by atoms with Crippen molar-refractivity contribution < 1.29 is 13.2 Å². The fourth-order valence-corrected chi connectivity index (χ4v) is 4.50. The van der Waals surface area contributed by atoms with E-state index in [9.17, 15) is 13.2 Å². The van der Waals surface area contributed by atoms with Gasteiger partial charge in [-0.3, -0.25) is 9.89 Å².